The number of piperazine rings is 1. The molecule has 3 aliphatic heterocycles. The molecule has 0 saturated carbocycles. The van der Waals surface area contributed by atoms with E-state index in [2.05, 4.69) is 45.9 Å². The number of hydrogen-bond donors (Lipinski definition) is 2. The van der Waals surface area contributed by atoms with Crippen molar-refractivity contribution in [2.45, 2.75) is 82.4 Å². The lowest BCUT2D eigenvalue weighted by Crippen LogP contribution is -2.59. The molecule has 0 spiro atoms. The van der Waals surface area contributed by atoms with Crippen molar-refractivity contribution >= 4 is 50.3 Å². The predicted octanol–water partition coefficient (Wildman–Crippen LogP) is 5.41. The third kappa shape index (κ3) is 7.67. The second-order valence-electron chi connectivity index (χ2n) is 17.6. The molecule has 2 fully saturated rings. The Labute approximate surface area is 357 Å². The number of carbonyl (C=O) groups is 2. The summed E-state index contributed by atoms with van der Waals surface area (Å²) in [6.07, 6.45) is -0.146. The minimum atomic E-state index is -5.02. The number of pyridine rings is 1. The standard InChI is InChI=1S/C43H50F3N9O6S/c1-8-35(56)49-30-16-27(17-34(62(59,60)24(2)3)37(30)53-12-11-52(20-25(53)4)28-22-61-23-28)48-38-41(58)51(7)21-31(50-38)29-9-10-47-39(36(29)43(44,45)46)55-14-13-54-32(40(55)57)15-26-18-42(5,6)19-33(26)54/h8-10,15-17,21,24-25,28H,1,11-14,18-20,22-23H2,2-7H3,(H,48,50)(H,49,56)/t25-/m0/s1. The molecule has 2 N–H and O–H groups in total. The van der Waals surface area contributed by atoms with Crippen LogP contribution in [-0.2, 0) is 52.0 Å². The maximum absolute atomic E-state index is 15.3. The SMILES string of the molecule is C=CC(=O)Nc1cc(Nc2nc(-c3ccnc(N4CCn5c(cc6c5CC(C)(C)C6)C4=O)c3C(F)(F)F)cn(C)c2=O)cc(S(=O)(=O)C(C)C)c1N1CCN(C2COC2)C[C@@H]1C. The molecule has 3 aromatic heterocycles. The van der Waals surface area contributed by atoms with Gasteiger partial charge < -0.3 is 29.4 Å². The number of alkyl halides is 3. The number of ether oxygens (including phenoxy) is 1. The highest BCUT2D eigenvalue weighted by molar-refractivity contribution is 7.92. The number of halogens is 3. The Balaban J connectivity index is 1.20. The number of rotatable bonds is 10. The number of hydrogen-bond acceptors (Lipinski definition) is 11. The molecule has 2 saturated heterocycles. The summed E-state index contributed by atoms with van der Waals surface area (Å²) in [7, 11) is -2.73. The third-order valence-electron chi connectivity index (χ3n) is 12.2. The van der Waals surface area contributed by atoms with Crippen LogP contribution in [0.4, 0.5) is 41.9 Å². The molecule has 15 nitrogen and oxygen atoms in total. The molecule has 330 valence electrons. The van der Waals surface area contributed by atoms with Crippen LogP contribution >= 0.6 is 0 Å². The van der Waals surface area contributed by atoms with Gasteiger partial charge in [0.05, 0.1) is 46.5 Å². The van der Waals surface area contributed by atoms with E-state index in [0.717, 1.165) is 51.9 Å². The maximum Gasteiger partial charge on any atom is 0.420 e. The van der Waals surface area contributed by atoms with E-state index in [1.165, 1.54) is 39.2 Å². The molecule has 1 aromatic carbocycles. The average molecular weight is 878 g/mol. The Bertz CT molecular complexity index is 2670. The highest BCUT2D eigenvalue weighted by Gasteiger charge is 2.44. The molecule has 4 aliphatic rings. The lowest BCUT2D eigenvalue weighted by Gasteiger charge is -2.47. The smallest absolute Gasteiger partial charge is 0.378 e. The van der Waals surface area contributed by atoms with E-state index in [0.29, 0.717) is 38.5 Å². The lowest BCUT2D eigenvalue weighted by atomic mass is 9.90. The van der Waals surface area contributed by atoms with Gasteiger partial charge >= 0.3 is 6.18 Å². The third-order valence-corrected chi connectivity index (χ3v) is 14.4. The Morgan fingerprint density at radius 1 is 1.08 bits per heavy atom. The number of amides is 2. The van der Waals surface area contributed by atoms with Gasteiger partial charge in [0.2, 0.25) is 5.91 Å². The van der Waals surface area contributed by atoms with Gasteiger partial charge in [-0.15, -0.1) is 0 Å². The number of nitrogens with one attached hydrogen (secondary N) is 2. The topological polar surface area (TPSA) is 164 Å². The van der Waals surface area contributed by atoms with Crippen molar-refractivity contribution in [3.63, 3.8) is 0 Å². The van der Waals surface area contributed by atoms with Crippen LogP contribution in [0.3, 0.4) is 0 Å². The molecule has 6 heterocycles. The van der Waals surface area contributed by atoms with Crippen molar-refractivity contribution in [3.05, 3.63) is 82.2 Å². The first-order valence-electron chi connectivity index (χ1n) is 20.6. The normalized spacial score (nSPS) is 19.3. The van der Waals surface area contributed by atoms with Crippen LogP contribution < -0.4 is 26.0 Å². The van der Waals surface area contributed by atoms with Crippen molar-refractivity contribution in [2.75, 3.05) is 59.8 Å². The number of aromatic nitrogens is 4. The van der Waals surface area contributed by atoms with Crippen LogP contribution in [0, 0.1) is 5.41 Å². The second kappa shape index (κ2) is 15.7. The van der Waals surface area contributed by atoms with E-state index in [1.807, 2.05) is 16.4 Å². The summed E-state index contributed by atoms with van der Waals surface area (Å²) < 4.78 is 82.7. The van der Waals surface area contributed by atoms with Gasteiger partial charge in [0.15, 0.2) is 15.7 Å². The van der Waals surface area contributed by atoms with Gasteiger partial charge in [-0.05, 0) is 74.9 Å². The molecule has 4 aromatic rings. The fraction of sp³-hybridized carbons (Fsp3) is 0.465. The van der Waals surface area contributed by atoms with Gasteiger partial charge in [-0.2, -0.15) is 13.2 Å². The summed E-state index contributed by atoms with van der Waals surface area (Å²) in [5.41, 5.74) is 0.115. The van der Waals surface area contributed by atoms with Crippen molar-refractivity contribution in [1.29, 1.82) is 0 Å². The second-order valence-corrected chi connectivity index (χ2v) is 20.1. The number of carbonyl (C=O) groups excluding carboxylic acids is 2. The van der Waals surface area contributed by atoms with Gasteiger partial charge in [0.25, 0.3) is 11.5 Å². The monoisotopic (exact) mass is 877 g/mol. The van der Waals surface area contributed by atoms with Gasteiger partial charge in [-0.1, -0.05) is 20.4 Å². The van der Waals surface area contributed by atoms with Gasteiger partial charge in [0.1, 0.15) is 17.1 Å². The molecule has 1 atom stereocenters. The van der Waals surface area contributed by atoms with Crippen LogP contribution in [0.5, 0.6) is 0 Å². The molecule has 62 heavy (non-hydrogen) atoms. The zero-order valence-corrected chi connectivity index (χ0v) is 36.3. The lowest BCUT2D eigenvalue weighted by molar-refractivity contribution is -0.136. The van der Waals surface area contributed by atoms with Crippen molar-refractivity contribution in [3.8, 4) is 11.3 Å². The van der Waals surface area contributed by atoms with E-state index in [-0.39, 0.29) is 58.2 Å². The summed E-state index contributed by atoms with van der Waals surface area (Å²) in [4.78, 5) is 54.2. The highest BCUT2D eigenvalue weighted by Crippen LogP contribution is 2.45. The Morgan fingerprint density at radius 3 is 2.47 bits per heavy atom. The van der Waals surface area contributed by atoms with E-state index in [4.69, 9.17) is 4.74 Å². The summed E-state index contributed by atoms with van der Waals surface area (Å²) in [5.74, 6) is -2.23. The summed E-state index contributed by atoms with van der Waals surface area (Å²) in [6.45, 7) is 16.0. The number of fused-ring (bicyclic) bond motifs is 3. The fourth-order valence-electron chi connectivity index (χ4n) is 9.03. The largest absolute Gasteiger partial charge is 0.420 e. The molecule has 1 aliphatic carbocycles. The molecule has 0 radical (unpaired) electrons. The van der Waals surface area contributed by atoms with Gasteiger partial charge in [-0.3, -0.25) is 24.2 Å². The van der Waals surface area contributed by atoms with Crippen molar-refractivity contribution in [1.82, 2.24) is 24.0 Å². The van der Waals surface area contributed by atoms with Crippen LogP contribution in [0.15, 0.2) is 59.0 Å². The molecule has 2 amide bonds. The first kappa shape index (κ1) is 43.1. The highest BCUT2D eigenvalue weighted by atomic mass is 32.2. The van der Waals surface area contributed by atoms with Gasteiger partial charge in [0, 0.05) is 75.2 Å². The zero-order valence-electron chi connectivity index (χ0n) is 35.5. The summed E-state index contributed by atoms with van der Waals surface area (Å²) in [6, 6.07) is 5.77. The molecule has 8 rings (SSSR count). The predicted molar refractivity (Wildman–Crippen MR) is 229 cm³/mol. The minimum absolute atomic E-state index is 0.0179. The number of sulfone groups is 1. The molecular weight excluding hydrogens is 828 g/mol. The summed E-state index contributed by atoms with van der Waals surface area (Å²) in [5, 5.41) is 4.73. The first-order valence-corrected chi connectivity index (χ1v) is 22.1. The van der Waals surface area contributed by atoms with Crippen LogP contribution in [0.1, 0.15) is 61.9 Å². The molecule has 19 heteroatoms. The number of nitrogens with zero attached hydrogens (tertiary/aromatic N) is 7. The number of anilines is 5. The zero-order chi connectivity index (χ0) is 44.6. The maximum atomic E-state index is 15.3. The average Bonchev–Trinajstić information content (AvgIpc) is 3.67. The minimum Gasteiger partial charge on any atom is -0.378 e. The van der Waals surface area contributed by atoms with Crippen molar-refractivity contribution < 1.29 is 35.9 Å². The number of aryl methyl sites for hydroxylation is 1. The number of benzene rings is 1. The van der Waals surface area contributed by atoms with Gasteiger partial charge in [-0.25, -0.2) is 18.4 Å². The van der Waals surface area contributed by atoms with Crippen LogP contribution in [0.25, 0.3) is 11.3 Å². The van der Waals surface area contributed by atoms with E-state index >= 15 is 13.2 Å². The Kier molecular flexibility index (Phi) is 10.9. The van der Waals surface area contributed by atoms with Crippen molar-refractivity contribution in [2.24, 2.45) is 12.5 Å². The van der Waals surface area contributed by atoms with E-state index in [9.17, 15) is 22.8 Å². The first-order chi connectivity index (χ1) is 29.2. The summed E-state index contributed by atoms with van der Waals surface area (Å²) >= 11 is 0. The Hall–Kier alpha value is -5.53. The Morgan fingerprint density at radius 2 is 1.82 bits per heavy atom. The van der Waals surface area contributed by atoms with E-state index < -0.39 is 61.4 Å². The van der Waals surface area contributed by atoms with Crippen LogP contribution in [-0.4, -0.2) is 101 Å². The van der Waals surface area contributed by atoms with Crippen LogP contribution in [0.2, 0.25) is 0 Å². The molecular formula is C43H50F3N9O6S. The quantitative estimate of drug-likeness (QED) is 0.196. The van der Waals surface area contributed by atoms with E-state index in [1.54, 1.807) is 6.07 Å². The molecule has 0 bridgehead atoms. The molecule has 0 unspecified atom stereocenters. The fourth-order valence-corrected chi connectivity index (χ4v) is 10.3.